The van der Waals surface area contributed by atoms with Crippen LogP contribution in [0.5, 0.6) is 0 Å². The Kier molecular flexibility index (Phi) is 7.00. The van der Waals surface area contributed by atoms with Crippen molar-refractivity contribution in [2.45, 2.75) is 37.7 Å². The lowest BCUT2D eigenvalue weighted by Gasteiger charge is -2.19. The van der Waals surface area contributed by atoms with E-state index in [1.165, 1.54) is 18.5 Å². The second kappa shape index (κ2) is 9.54. The number of nitrogens with one attached hydrogen (secondary N) is 1. The van der Waals surface area contributed by atoms with E-state index in [9.17, 15) is 8.42 Å². The maximum absolute atomic E-state index is 12.9. The van der Waals surface area contributed by atoms with E-state index in [0.29, 0.717) is 5.82 Å². The van der Waals surface area contributed by atoms with E-state index in [4.69, 9.17) is 22.2 Å². The summed E-state index contributed by atoms with van der Waals surface area (Å²) >= 11 is 6.03. The molecule has 0 saturated heterocycles. The van der Waals surface area contributed by atoms with Crippen molar-refractivity contribution in [2.24, 2.45) is 5.16 Å². The van der Waals surface area contributed by atoms with Gasteiger partial charge < -0.3 is 10.6 Å². The Bertz CT molecular complexity index is 1210. The van der Waals surface area contributed by atoms with Crippen LogP contribution in [0.15, 0.2) is 64.9 Å². The van der Waals surface area contributed by atoms with E-state index in [2.05, 4.69) is 40.6 Å². The first-order valence-electron chi connectivity index (χ1n) is 9.69. The highest BCUT2D eigenvalue weighted by molar-refractivity contribution is 7.92. The summed E-state index contributed by atoms with van der Waals surface area (Å²) in [6, 6.07) is 11.6. The van der Waals surface area contributed by atoms with Crippen LogP contribution in [0.4, 0.5) is 11.5 Å². The Morgan fingerprint density at radius 3 is 2.47 bits per heavy atom. The van der Waals surface area contributed by atoms with Gasteiger partial charge in [-0.2, -0.15) is 0 Å². The summed E-state index contributed by atoms with van der Waals surface area (Å²) in [6.45, 7) is 6.34. The Labute approximate surface area is 192 Å². The minimum absolute atomic E-state index is 0.0847. The zero-order valence-corrected chi connectivity index (χ0v) is 19.5. The highest BCUT2D eigenvalue weighted by atomic mass is 35.5. The van der Waals surface area contributed by atoms with Gasteiger partial charge in [-0.25, -0.2) is 13.4 Å². The molecular formula is C22H24ClN5O3S. The van der Waals surface area contributed by atoms with Gasteiger partial charge in [0.25, 0.3) is 10.0 Å². The Hall–Kier alpha value is -3.17. The molecule has 0 bridgehead atoms. The molecule has 0 amide bonds. The predicted molar refractivity (Wildman–Crippen MR) is 126 cm³/mol. The molecule has 0 aliphatic rings. The van der Waals surface area contributed by atoms with Crippen LogP contribution < -0.4 is 10.5 Å². The van der Waals surface area contributed by atoms with Gasteiger partial charge in [-0.15, -0.1) is 0 Å². The number of pyridine rings is 2. The zero-order chi connectivity index (χ0) is 23.4. The molecule has 0 atom stereocenters. The Balaban J connectivity index is 1.76. The summed E-state index contributed by atoms with van der Waals surface area (Å²) in [6.07, 6.45) is 4.28. The van der Waals surface area contributed by atoms with E-state index in [1.54, 1.807) is 42.6 Å². The topological polar surface area (TPSA) is 120 Å². The molecule has 3 N–H and O–H groups in total. The molecule has 1 aromatic carbocycles. The number of aromatic nitrogens is 2. The van der Waals surface area contributed by atoms with Crippen molar-refractivity contribution in [2.75, 3.05) is 10.5 Å². The molecule has 3 rings (SSSR count). The van der Waals surface area contributed by atoms with Gasteiger partial charge in [-0.3, -0.25) is 9.71 Å². The van der Waals surface area contributed by atoms with E-state index in [1.807, 2.05) is 0 Å². The monoisotopic (exact) mass is 473 g/mol. The van der Waals surface area contributed by atoms with Crippen LogP contribution in [0.2, 0.25) is 5.02 Å². The number of anilines is 2. The van der Waals surface area contributed by atoms with Crippen LogP contribution in [0.3, 0.4) is 0 Å². The lowest BCUT2D eigenvalue weighted by molar-refractivity contribution is 0.132. The molecule has 0 spiro atoms. The number of nitrogens with zero attached hydrogens (tertiary/aromatic N) is 3. The van der Waals surface area contributed by atoms with Crippen molar-refractivity contribution in [1.29, 1.82) is 0 Å². The van der Waals surface area contributed by atoms with Gasteiger partial charge in [0.2, 0.25) is 0 Å². The third kappa shape index (κ3) is 6.18. The molecule has 32 heavy (non-hydrogen) atoms. The van der Waals surface area contributed by atoms with Gasteiger partial charge in [0.05, 0.1) is 21.8 Å². The van der Waals surface area contributed by atoms with Gasteiger partial charge >= 0.3 is 0 Å². The first-order valence-corrected chi connectivity index (χ1v) is 11.6. The average molecular weight is 474 g/mol. The van der Waals surface area contributed by atoms with E-state index >= 15 is 0 Å². The van der Waals surface area contributed by atoms with Crippen molar-refractivity contribution in [1.82, 2.24) is 9.97 Å². The highest BCUT2D eigenvalue weighted by Crippen LogP contribution is 2.25. The highest BCUT2D eigenvalue weighted by Gasteiger charge is 2.19. The van der Waals surface area contributed by atoms with Crippen LogP contribution in [-0.4, -0.2) is 24.6 Å². The number of hydrogen-bond acceptors (Lipinski definition) is 7. The molecule has 3 aromatic rings. The molecular weight excluding hydrogens is 450 g/mol. The van der Waals surface area contributed by atoms with Gasteiger partial charge in [0, 0.05) is 18.0 Å². The lowest BCUT2D eigenvalue weighted by Crippen LogP contribution is -2.16. The number of benzene rings is 1. The van der Waals surface area contributed by atoms with Crippen molar-refractivity contribution in [3.05, 3.63) is 76.7 Å². The molecule has 0 aliphatic carbocycles. The number of sulfonamides is 1. The molecule has 168 valence electrons. The summed E-state index contributed by atoms with van der Waals surface area (Å²) < 4.78 is 28.3. The lowest BCUT2D eigenvalue weighted by atomic mass is 9.87. The van der Waals surface area contributed by atoms with Gasteiger partial charge in [0.1, 0.15) is 18.1 Å². The fourth-order valence-electron chi connectivity index (χ4n) is 2.69. The average Bonchev–Trinajstić information content (AvgIpc) is 2.73. The summed E-state index contributed by atoms with van der Waals surface area (Å²) in [5.74, 6) is 0.410. The third-order valence-electron chi connectivity index (χ3n) is 4.49. The van der Waals surface area contributed by atoms with E-state index < -0.39 is 10.0 Å². The molecule has 0 radical (unpaired) electrons. The number of oxime groups is 1. The first-order chi connectivity index (χ1) is 15.0. The van der Waals surface area contributed by atoms with Crippen LogP contribution >= 0.6 is 11.6 Å². The first kappa shape index (κ1) is 23.5. The smallest absolute Gasteiger partial charge is 0.261 e. The minimum Gasteiger partial charge on any atom is -0.391 e. The predicted octanol–water partition coefficient (Wildman–Crippen LogP) is 4.36. The number of hydrogen-bond donors (Lipinski definition) is 2. The Morgan fingerprint density at radius 2 is 1.84 bits per heavy atom. The second-order valence-electron chi connectivity index (χ2n) is 8.07. The molecule has 0 aliphatic heterocycles. The molecule has 0 fully saturated rings. The molecule has 0 saturated carbocycles. The quantitative estimate of drug-likeness (QED) is 0.388. The van der Waals surface area contributed by atoms with Gasteiger partial charge in [0.15, 0.2) is 0 Å². The molecule has 2 heterocycles. The largest absolute Gasteiger partial charge is 0.391 e. The van der Waals surface area contributed by atoms with Crippen molar-refractivity contribution in [3.8, 4) is 0 Å². The minimum atomic E-state index is -3.86. The standard InChI is InChI=1S/C22H24ClN5O3S/c1-22(2,3)16-5-7-18(8-6-16)32(29,30)28-19-10-17(23)12-25-20(19)13-27-31-14-15-4-9-21(24)26-11-15/h4-13,28H,14H2,1-3H3,(H2,24,26)/b27-13+. The summed E-state index contributed by atoms with van der Waals surface area (Å²) in [5.41, 5.74) is 7.70. The van der Waals surface area contributed by atoms with Crippen LogP contribution in [0, 0.1) is 0 Å². The van der Waals surface area contributed by atoms with Crippen LogP contribution in [-0.2, 0) is 26.9 Å². The van der Waals surface area contributed by atoms with Gasteiger partial charge in [-0.1, -0.05) is 55.7 Å². The second-order valence-corrected chi connectivity index (χ2v) is 10.2. The number of rotatable bonds is 7. The maximum atomic E-state index is 12.9. The van der Waals surface area contributed by atoms with Crippen LogP contribution in [0.25, 0.3) is 0 Å². The summed E-state index contributed by atoms with van der Waals surface area (Å²) in [4.78, 5) is 13.5. The summed E-state index contributed by atoms with van der Waals surface area (Å²) in [5, 5.41) is 4.14. The fraction of sp³-hybridized carbons (Fsp3) is 0.227. The maximum Gasteiger partial charge on any atom is 0.261 e. The van der Waals surface area contributed by atoms with E-state index in [-0.39, 0.29) is 33.3 Å². The van der Waals surface area contributed by atoms with Crippen molar-refractivity contribution in [3.63, 3.8) is 0 Å². The van der Waals surface area contributed by atoms with Crippen molar-refractivity contribution >= 4 is 39.3 Å². The van der Waals surface area contributed by atoms with Crippen molar-refractivity contribution < 1.29 is 13.3 Å². The fourth-order valence-corrected chi connectivity index (χ4v) is 3.92. The number of halogens is 1. The normalized spacial score (nSPS) is 12.1. The van der Waals surface area contributed by atoms with Gasteiger partial charge in [-0.05, 0) is 35.2 Å². The number of nitrogen functional groups attached to an aromatic ring is 1. The zero-order valence-electron chi connectivity index (χ0n) is 17.9. The molecule has 2 aromatic heterocycles. The van der Waals surface area contributed by atoms with Crippen LogP contribution in [0.1, 0.15) is 37.6 Å². The third-order valence-corrected chi connectivity index (χ3v) is 6.08. The van der Waals surface area contributed by atoms with E-state index in [0.717, 1.165) is 11.1 Å². The Morgan fingerprint density at radius 1 is 1.12 bits per heavy atom. The SMILES string of the molecule is CC(C)(C)c1ccc(S(=O)(=O)Nc2cc(Cl)cnc2/C=N/OCc2ccc(N)nc2)cc1. The molecule has 10 heteroatoms. The molecule has 8 nitrogen and oxygen atoms in total. The number of nitrogens with two attached hydrogens (primary N) is 1. The molecule has 0 unspecified atom stereocenters. The summed E-state index contributed by atoms with van der Waals surface area (Å²) in [7, 11) is -3.86.